The molecule has 1 aromatic carbocycles. The highest BCUT2D eigenvalue weighted by atomic mass is 19.1. The Morgan fingerprint density at radius 1 is 1.13 bits per heavy atom. The Bertz CT molecular complexity index is 1290. The Hall–Kier alpha value is -3.72. The molecule has 0 fully saturated rings. The van der Waals surface area contributed by atoms with E-state index in [9.17, 15) is 14.0 Å². The zero-order valence-electron chi connectivity index (χ0n) is 16.9. The molecule has 0 aliphatic rings. The van der Waals surface area contributed by atoms with Gasteiger partial charge in [0.1, 0.15) is 18.2 Å². The second kappa shape index (κ2) is 8.97. The van der Waals surface area contributed by atoms with Crippen LogP contribution >= 0.6 is 0 Å². The van der Waals surface area contributed by atoms with Crippen LogP contribution in [-0.4, -0.2) is 33.0 Å². The van der Waals surface area contributed by atoms with Crippen LogP contribution in [0.1, 0.15) is 11.4 Å². The van der Waals surface area contributed by atoms with Gasteiger partial charge in [0.2, 0.25) is 0 Å². The molecule has 0 atom stereocenters. The highest BCUT2D eigenvalue weighted by molar-refractivity contribution is 5.80. The lowest BCUT2D eigenvalue weighted by Crippen LogP contribution is -2.27. The lowest BCUT2D eigenvalue weighted by molar-refractivity contribution is 0.183. The number of aromatic nitrogens is 4. The summed E-state index contributed by atoms with van der Waals surface area (Å²) in [5.74, 6) is 0.0404. The van der Waals surface area contributed by atoms with E-state index in [-0.39, 0.29) is 30.1 Å². The first-order valence-corrected chi connectivity index (χ1v) is 9.69. The van der Waals surface area contributed by atoms with Gasteiger partial charge in [-0.3, -0.25) is 19.7 Å². The van der Waals surface area contributed by atoms with E-state index in [1.54, 1.807) is 25.4 Å². The SMILES string of the molecule is COCCn1[nH]c2cc(=O)n(Cc3ccccn3)c(COc3ccc(F)cc3)c2c1=O. The summed E-state index contributed by atoms with van der Waals surface area (Å²) in [5.41, 5.74) is 0.925. The third-order valence-corrected chi connectivity index (χ3v) is 4.89. The van der Waals surface area contributed by atoms with E-state index < -0.39 is 0 Å². The topological polar surface area (TPSA) is 91.1 Å². The Morgan fingerprint density at radius 2 is 1.94 bits per heavy atom. The number of aromatic amines is 1. The first-order valence-electron chi connectivity index (χ1n) is 9.69. The van der Waals surface area contributed by atoms with Crippen molar-refractivity contribution in [3.8, 4) is 5.75 Å². The number of hydrogen-bond acceptors (Lipinski definition) is 5. The van der Waals surface area contributed by atoms with Crippen molar-refractivity contribution in [2.24, 2.45) is 0 Å². The zero-order valence-corrected chi connectivity index (χ0v) is 16.9. The van der Waals surface area contributed by atoms with Crippen molar-refractivity contribution in [1.29, 1.82) is 0 Å². The van der Waals surface area contributed by atoms with Crippen molar-refractivity contribution in [3.63, 3.8) is 0 Å². The van der Waals surface area contributed by atoms with Gasteiger partial charge in [-0.1, -0.05) is 6.07 Å². The summed E-state index contributed by atoms with van der Waals surface area (Å²) in [5, 5.41) is 3.32. The van der Waals surface area contributed by atoms with Gasteiger partial charge in [0.15, 0.2) is 0 Å². The van der Waals surface area contributed by atoms with Crippen molar-refractivity contribution in [3.05, 3.63) is 92.6 Å². The number of benzene rings is 1. The van der Waals surface area contributed by atoms with E-state index in [0.29, 0.717) is 41.2 Å². The molecule has 0 bridgehead atoms. The fourth-order valence-electron chi connectivity index (χ4n) is 3.35. The first kappa shape index (κ1) is 20.5. The maximum atomic E-state index is 13.2. The summed E-state index contributed by atoms with van der Waals surface area (Å²) >= 11 is 0. The van der Waals surface area contributed by atoms with Crippen molar-refractivity contribution in [2.45, 2.75) is 19.7 Å². The average Bonchev–Trinajstić information content (AvgIpc) is 3.09. The average molecular weight is 424 g/mol. The molecule has 160 valence electrons. The molecular formula is C22H21FN4O4. The summed E-state index contributed by atoms with van der Waals surface area (Å²) in [6.45, 7) is 0.784. The molecule has 3 aromatic heterocycles. The van der Waals surface area contributed by atoms with Gasteiger partial charge in [-0.05, 0) is 36.4 Å². The summed E-state index contributed by atoms with van der Waals surface area (Å²) in [7, 11) is 1.55. The number of pyridine rings is 2. The molecule has 0 radical (unpaired) electrons. The third kappa shape index (κ3) is 4.41. The van der Waals surface area contributed by atoms with E-state index in [0.717, 1.165) is 0 Å². The molecule has 0 saturated carbocycles. The normalized spacial score (nSPS) is 11.2. The van der Waals surface area contributed by atoms with Gasteiger partial charge in [0.25, 0.3) is 11.1 Å². The molecule has 9 heteroatoms. The number of fused-ring (bicyclic) bond motifs is 1. The zero-order chi connectivity index (χ0) is 21.8. The molecule has 1 N–H and O–H groups in total. The molecule has 0 unspecified atom stereocenters. The number of halogens is 1. The monoisotopic (exact) mass is 424 g/mol. The van der Waals surface area contributed by atoms with Crippen LogP contribution < -0.4 is 15.9 Å². The van der Waals surface area contributed by atoms with Crippen LogP contribution in [-0.2, 0) is 24.4 Å². The van der Waals surface area contributed by atoms with Gasteiger partial charge in [0.05, 0.1) is 42.0 Å². The number of methoxy groups -OCH3 is 1. The van der Waals surface area contributed by atoms with Crippen LogP contribution in [0.2, 0.25) is 0 Å². The standard InChI is InChI=1S/C22H21FN4O4/c1-30-11-10-27-22(29)21-18(25-27)12-20(28)26(13-16-4-2-3-9-24-16)19(21)14-31-17-7-5-15(23)6-8-17/h2-9,12,25H,10-11,13-14H2,1H3. The molecule has 0 spiro atoms. The highest BCUT2D eigenvalue weighted by Crippen LogP contribution is 2.18. The van der Waals surface area contributed by atoms with Gasteiger partial charge in [-0.25, -0.2) is 9.07 Å². The fraction of sp³-hybridized carbons (Fsp3) is 0.227. The van der Waals surface area contributed by atoms with Gasteiger partial charge in [0, 0.05) is 19.4 Å². The van der Waals surface area contributed by atoms with E-state index in [4.69, 9.17) is 9.47 Å². The molecule has 8 nitrogen and oxygen atoms in total. The molecule has 4 rings (SSSR count). The minimum atomic E-state index is -0.381. The molecule has 3 heterocycles. The lowest BCUT2D eigenvalue weighted by atomic mass is 10.2. The fourth-order valence-corrected chi connectivity index (χ4v) is 3.35. The minimum Gasteiger partial charge on any atom is -0.487 e. The van der Waals surface area contributed by atoms with Crippen molar-refractivity contribution in [1.82, 2.24) is 19.3 Å². The summed E-state index contributed by atoms with van der Waals surface area (Å²) < 4.78 is 26.9. The molecule has 0 saturated heterocycles. The van der Waals surface area contributed by atoms with Gasteiger partial charge in [-0.2, -0.15) is 0 Å². The Labute approximate surface area is 176 Å². The van der Waals surface area contributed by atoms with E-state index in [2.05, 4.69) is 10.1 Å². The van der Waals surface area contributed by atoms with E-state index in [1.807, 2.05) is 6.07 Å². The predicted octanol–water partition coefficient (Wildman–Crippen LogP) is 2.30. The lowest BCUT2D eigenvalue weighted by Gasteiger charge is -2.14. The van der Waals surface area contributed by atoms with E-state index in [1.165, 1.54) is 39.6 Å². The third-order valence-electron chi connectivity index (χ3n) is 4.89. The summed E-state index contributed by atoms with van der Waals surface area (Å²) in [4.78, 5) is 30.3. The molecule has 0 aliphatic heterocycles. The van der Waals surface area contributed by atoms with Gasteiger partial charge < -0.3 is 14.0 Å². The molecule has 4 aromatic rings. The summed E-state index contributed by atoms with van der Waals surface area (Å²) in [6.07, 6.45) is 1.64. The van der Waals surface area contributed by atoms with Gasteiger partial charge >= 0.3 is 0 Å². The second-order valence-electron chi connectivity index (χ2n) is 6.93. The van der Waals surface area contributed by atoms with Crippen molar-refractivity contribution < 1.29 is 13.9 Å². The number of ether oxygens (including phenoxy) is 2. The number of hydrogen-bond donors (Lipinski definition) is 1. The number of H-pyrrole nitrogens is 1. The molecule has 0 amide bonds. The molecule has 31 heavy (non-hydrogen) atoms. The Morgan fingerprint density at radius 3 is 2.65 bits per heavy atom. The minimum absolute atomic E-state index is 0.0532. The smallest absolute Gasteiger partial charge is 0.276 e. The van der Waals surface area contributed by atoms with Crippen LogP contribution in [0.25, 0.3) is 10.9 Å². The van der Waals surface area contributed by atoms with Crippen LogP contribution in [0.15, 0.2) is 64.3 Å². The second-order valence-corrected chi connectivity index (χ2v) is 6.93. The van der Waals surface area contributed by atoms with Crippen molar-refractivity contribution >= 4 is 10.9 Å². The predicted molar refractivity (Wildman–Crippen MR) is 113 cm³/mol. The molecular weight excluding hydrogens is 403 g/mol. The van der Waals surface area contributed by atoms with Crippen LogP contribution in [0.5, 0.6) is 5.75 Å². The largest absolute Gasteiger partial charge is 0.487 e. The Balaban J connectivity index is 1.81. The van der Waals surface area contributed by atoms with Crippen LogP contribution in [0.4, 0.5) is 4.39 Å². The highest BCUT2D eigenvalue weighted by Gasteiger charge is 2.18. The van der Waals surface area contributed by atoms with Crippen LogP contribution in [0, 0.1) is 5.82 Å². The number of nitrogens with zero attached hydrogens (tertiary/aromatic N) is 3. The number of nitrogens with one attached hydrogen (secondary N) is 1. The number of rotatable bonds is 8. The maximum absolute atomic E-state index is 13.2. The van der Waals surface area contributed by atoms with Crippen LogP contribution in [0.3, 0.4) is 0 Å². The quantitative estimate of drug-likeness (QED) is 0.469. The van der Waals surface area contributed by atoms with E-state index >= 15 is 0 Å². The van der Waals surface area contributed by atoms with Gasteiger partial charge in [-0.15, -0.1) is 0 Å². The molecule has 0 aliphatic carbocycles. The maximum Gasteiger partial charge on any atom is 0.276 e. The summed E-state index contributed by atoms with van der Waals surface area (Å²) in [6, 6.07) is 12.4. The Kier molecular flexibility index (Phi) is 5.94. The first-order chi connectivity index (χ1) is 15.1. The van der Waals surface area contributed by atoms with Crippen molar-refractivity contribution in [2.75, 3.05) is 13.7 Å².